The van der Waals surface area contributed by atoms with Crippen LogP contribution in [0.25, 0.3) is 0 Å². The van der Waals surface area contributed by atoms with Crippen LogP contribution in [0.5, 0.6) is 0 Å². The molecule has 2 aliphatic heterocycles. The molecule has 11 heteroatoms. The Hall–Kier alpha value is -0.650. The molecule has 1 fully saturated rings. The Balaban J connectivity index is 0.00000200. The maximum atomic E-state index is 12.0. The summed E-state index contributed by atoms with van der Waals surface area (Å²) in [7, 11) is -4.81. The number of hydroxylamine groups is 2. The van der Waals surface area contributed by atoms with Crippen molar-refractivity contribution in [2.45, 2.75) is 25.4 Å². The van der Waals surface area contributed by atoms with Crippen molar-refractivity contribution in [2.75, 3.05) is 6.54 Å². The molecule has 1 saturated heterocycles. The molecule has 0 aromatic heterocycles. The van der Waals surface area contributed by atoms with Crippen LogP contribution in [0, 0.1) is 0 Å². The minimum Gasteiger partial charge on any atom is -1.00 e. The molecular weight excluding hydrogens is 301 g/mol. The van der Waals surface area contributed by atoms with E-state index in [0.717, 1.165) is 4.90 Å². The number of hydrogen-bond donors (Lipinski definition) is 2. The van der Waals surface area contributed by atoms with Gasteiger partial charge in [-0.2, -0.15) is 13.5 Å². The van der Waals surface area contributed by atoms with E-state index < -0.39 is 34.4 Å². The van der Waals surface area contributed by atoms with Gasteiger partial charge < -0.3 is 12.1 Å². The third-order valence-electron chi connectivity index (χ3n) is 3.04. The summed E-state index contributed by atoms with van der Waals surface area (Å²) in [5.74, 6) is -0.700. The second kappa shape index (κ2) is 6.00. The number of carbonyl (C=O) groups is 2. The summed E-state index contributed by atoms with van der Waals surface area (Å²) in [4.78, 5) is 24.5. The van der Waals surface area contributed by atoms with Gasteiger partial charge in [-0.25, -0.2) is 4.79 Å². The Morgan fingerprint density at radius 2 is 2.25 bits per heavy atom. The van der Waals surface area contributed by atoms with Crippen molar-refractivity contribution in [3.05, 3.63) is 11.6 Å². The molecule has 0 aliphatic carbocycles. The molecule has 0 aromatic rings. The van der Waals surface area contributed by atoms with Gasteiger partial charge in [0, 0.05) is 0 Å². The maximum absolute atomic E-state index is 12.0. The predicted octanol–water partition coefficient (Wildman–Crippen LogP) is -3.85. The smallest absolute Gasteiger partial charge is 1.00 e. The monoisotopic (exact) mass is 315 g/mol. The van der Waals surface area contributed by atoms with Gasteiger partial charge in [0.25, 0.3) is 0 Å². The van der Waals surface area contributed by atoms with E-state index in [1.54, 1.807) is 13.0 Å². The van der Waals surface area contributed by atoms with Gasteiger partial charge in [-0.3, -0.25) is 9.35 Å². The molecule has 108 valence electrons. The molecule has 2 rings (SSSR count). The van der Waals surface area contributed by atoms with Crippen molar-refractivity contribution in [1.29, 1.82) is 0 Å². The second-order valence-electron chi connectivity index (χ2n) is 4.23. The van der Waals surface area contributed by atoms with Crippen molar-refractivity contribution in [3.8, 4) is 0 Å². The Labute approximate surface area is 139 Å². The maximum Gasteiger partial charge on any atom is 1.00 e. The summed E-state index contributed by atoms with van der Waals surface area (Å²) in [6.45, 7) is 1.86. The average molecular weight is 315 g/mol. The fourth-order valence-electron chi connectivity index (χ4n) is 2.33. The van der Waals surface area contributed by atoms with Crippen LogP contribution in [0.2, 0.25) is 0 Å². The Morgan fingerprint density at radius 3 is 2.70 bits per heavy atom. The third-order valence-corrected chi connectivity index (χ3v) is 3.39. The number of primary amides is 1. The van der Waals surface area contributed by atoms with Gasteiger partial charge >= 0.3 is 46.0 Å². The van der Waals surface area contributed by atoms with Gasteiger partial charge in [0.05, 0.1) is 12.6 Å². The second-order valence-corrected chi connectivity index (χ2v) is 5.23. The average Bonchev–Trinajstić information content (AvgIpc) is 2.52. The van der Waals surface area contributed by atoms with Gasteiger partial charge in [0.2, 0.25) is 5.91 Å². The molecule has 0 spiro atoms. The molecular formula is C9H14N3NaO6S. The van der Waals surface area contributed by atoms with Crippen molar-refractivity contribution in [1.82, 2.24) is 9.96 Å². The van der Waals surface area contributed by atoms with Gasteiger partial charge in [-0.05, 0) is 12.0 Å². The van der Waals surface area contributed by atoms with E-state index in [9.17, 15) is 18.0 Å². The number of amides is 3. The van der Waals surface area contributed by atoms with Gasteiger partial charge in [-0.15, -0.1) is 4.28 Å². The molecule has 2 bridgehead atoms. The number of nitrogens with zero attached hydrogens (tertiary/aromatic N) is 2. The molecule has 0 unspecified atom stereocenters. The van der Waals surface area contributed by atoms with E-state index in [1.807, 2.05) is 0 Å². The summed E-state index contributed by atoms with van der Waals surface area (Å²) in [5.41, 5.74) is 5.86. The summed E-state index contributed by atoms with van der Waals surface area (Å²) in [5, 5.41) is 0.522. The number of nitrogens with two attached hydrogens (primary N) is 1. The standard InChI is InChI=1S/C9H13N3O6S.Na.H/c1-2-5-3-6-4-11(7(5)8(10)13)9(14)12(6)18-19(15,16)17;;/h3,6-7H,2,4H2,1H3,(H2,10,13)(H,15,16,17);;/q;+1;-1/t6-,7+;;/m1../s1. The van der Waals surface area contributed by atoms with Crippen molar-refractivity contribution in [2.24, 2.45) is 5.73 Å². The largest absolute Gasteiger partial charge is 1.00 e. The zero-order valence-electron chi connectivity index (χ0n) is 12.0. The molecule has 0 saturated carbocycles. The quantitative estimate of drug-likeness (QED) is 0.310. The van der Waals surface area contributed by atoms with E-state index in [2.05, 4.69) is 4.28 Å². The van der Waals surface area contributed by atoms with E-state index in [-0.39, 0.29) is 37.5 Å². The summed E-state index contributed by atoms with van der Waals surface area (Å²) in [6, 6.07) is -2.42. The van der Waals surface area contributed by atoms with Gasteiger partial charge in [-0.1, -0.05) is 13.0 Å². The first-order valence-corrected chi connectivity index (χ1v) is 6.88. The van der Waals surface area contributed by atoms with Crippen LogP contribution in [0.3, 0.4) is 0 Å². The molecule has 9 nitrogen and oxygen atoms in total. The molecule has 3 N–H and O–H groups in total. The summed E-state index contributed by atoms with van der Waals surface area (Å²) < 4.78 is 34.3. The normalized spacial score (nSPS) is 25.3. The molecule has 3 amide bonds. The third kappa shape index (κ3) is 3.15. The summed E-state index contributed by atoms with van der Waals surface area (Å²) >= 11 is 0. The molecule has 2 atom stereocenters. The predicted molar refractivity (Wildman–Crippen MR) is 62.8 cm³/mol. The van der Waals surface area contributed by atoms with Crippen LogP contribution < -0.4 is 35.3 Å². The molecule has 20 heavy (non-hydrogen) atoms. The van der Waals surface area contributed by atoms with E-state index in [4.69, 9.17) is 10.3 Å². The SMILES string of the molecule is CCC1=C[C@@H]2CN(C(=O)N2OS(=O)(=O)O)[C@@H]1C(N)=O.[H-].[Na+]. The number of fused-ring (bicyclic) bond motifs is 2. The number of urea groups is 1. The van der Waals surface area contributed by atoms with Crippen molar-refractivity contribution < 1.29 is 57.8 Å². The fourth-order valence-corrected chi connectivity index (χ4v) is 2.71. The van der Waals surface area contributed by atoms with Crippen LogP contribution in [0.15, 0.2) is 11.6 Å². The van der Waals surface area contributed by atoms with E-state index >= 15 is 0 Å². The Bertz CT molecular complexity index is 568. The zero-order valence-corrected chi connectivity index (χ0v) is 13.8. The molecule has 0 aromatic carbocycles. The fraction of sp³-hybridized carbons (Fsp3) is 0.556. The molecule has 2 aliphatic rings. The van der Waals surface area contributed by atoms with Crippen LogP contribution >= 0.6 is 0 Å². The van der Waals surface area contributed by atoms with Crippen LogP contribution in [-0.4, -0.2) is 53.5 Å². The molecule has 2 heterocycles. The first-order valence-electron chi connectivity index (χ1n) is 5.51. The van der Waals surface area contributed by atoms with E-state index in [1.165, 1.54) is 0 Å². The van der Waals surface area contributed by atoms with E-state index in [0.29, 0.717) is 17.1 Å². The summed E-state index contributed by atoms with van der Waals surface area (Å²) in [6.07, 6.45) is 2.04. The van der Waals surface area contributed by atoms with Crippen molar-refractivity contribution in [3.63, 3.8) is 0 Å². The minimum absolute atomic E-state index is 0. The van der Waals surface area contributed by atoms with Gasteiger partial charge in [0.15, 0.2) is 0 Å². The van der Waals surface area contributed by atoms with Crippen LogP contribution in [-0.2, 0) is 19.5 Å². The molecule has 0 radical (unpaired) electrons. The topological polar surface area (TPSA) is 130 Å². The first kappa shape index (κ1) is 17.4. The minimum atomic E-state index is -4.81. The number of rotatable bonds is 4. The van der Waals surface area contributed by atoms with Crippen LogP contribution in [0.4, 0.5) is 4.79 Å². The zero-order chi connectivity index (χ0) is 14.4. The number of hydrogen-bond acceptors (Lipinski definition) is 5. The first-order chi connectivity index (χ1) is 8.74. The van der Waals surface area contributed by atoms with Crippen molar-refractivity contribution >= 4 is 22.3 Å². The Morgan fingerprint density at radius 1 is 1.65 bits per heavy atom. The van der Waals surface area contributed by atoms with Crippen LogP contribution in [0.1, 0.15) is 14.8 Å². The number of carbonyl (C=O) groups excluding carboxylic acids is 2. The Kier molecular flexibility index (Phi) is 5.22. The van der Waals surface area contributed by atoms with Gasteiger partial charge in [0.1, 0.15) is 6.04 Å².